The molecule has 0 heterocycles. The summed E-state index contributed by atoms with van der Waals surface area (Å²) in [6.45, 7) is 5.16. The molecule has 0 aliphatic heterocycles. The molecule has 0 rings (SSSR count). The fourth-order valence-corrected chi connectivity index (χ4v) is 5.56. The van der Waals surface area contributed by atoms with Crippen molar-refractivity contribution in [2.75, 3.05) is 98.7 Å². The minimum atomic E-state index is -1.55. The summed E-state index contributed by atoms with van der Waals surface area (Å²) in [5, 5.41) is 68.0. The number of carboxylic acid groups (broad SMARTS) is 3. The summed E-state index contributed by atoms with van der Waals surface area (Å²) in [6.07, 6.45) is 4.76. The molecule has 0 fully saturated rings. The van der Waals surface area contributed by atoms with Gasteiger partial charge in [0.05, 0.1) is 63.5 Å². The van der Waals surface area contributed by atoms with Gasteiger partial charge in [0.15, 0.2) is 0 Å². The van der Waals surface area contributed by atoms with E-state index in [0.29, 0.717) is 25.8 Å². The molecule has 29 heteroatoms. The lowest BCUT2D eigenvalue weighted by Crippen LogP contribution is -2.51. The summed E-state index contributed by atoms with van der Waals surface area (Å²) in [5.41, 5.74) is -0.371. The van der Waals surface area contributed by atoms with E-state index in [2.05, 4.69) is 43.3 Å². The zero-order valence-electron chi connectivity index (χ0n) is 38.5. The van der Waals surface area contributed by atoms with E-state index in [-0.39, 0.29) is 122 Å². The number of aliphatic carboxylic acids is 3. The summed E-state index contributed by atoms with van der Waals surface area (Å²) in [4.78, 5) is 107. The number of nitro groups is 2. The molecule has 0 bridgehead atoms. The van der Waals surface area contributed by atoms with E-state index in [9.17, 15) is 58.9 Å². The Balaban J connectivity index is 4.28. The fourth-order valence-electron chi connectivity index (χ4n) is 5.56. The van der Waals surface area contributed by atoms with Gasteiger partial charge in [0, 0.05) is 63.0 Å². The normalized spacial score (nSPS) is 12.3. The van der Waals surface area contributed by atoms with Crippen LogP contribution in [0.5, 0.6) is 0 Å². The van der Waals surface area contributed by atoms with Crippen LogP contribution >= 0.6 is 0 Å². The van der Waals surface area contributed by atoms with Crippen molar-refractivity contribution in [2.24, 2.45) is 5.90 Å². The molecule has 5 amide bonds. The van der Waals surface area contributed by atoms with E-state index in [0.717, 1.165) is 25.3 Å². The average Bonchev–Trinajstić information content (AvgIpc) is 3.28. The molecule has 2 atom stereocenters. The molecule has 0 saturated carbocycles. The molecule has 0 saturated heterocycles. The van der Waals surface area contributed by atoms with E-state index in [4.69, 9.17) is 35.1 Å². The number of hydrogen-bond donors (Lipinski definition) is 11. The first-order valence-corrected chi connectivity index (χ1v) is 22.0. The van der Waals surface area contributed by atoms with Gasteiger partial charge in [0.25, 0.3) is 5.70 Å². The lowest BCUT2D eigenvalue weighted by molar-refractivity contribution is -0.471. The Hall–Kier alpha value is -6.53. The minimum Gasteiger partial charge on any atom is -0.481 e. The number of ether oxygens (including phenoxy) is 4. The van der Waals surface area contributed by atoms with Crippen molar-refractivity contribution >= 4 is 41.7 Å². The highest BCUT2D eigenvalue weighted by atomic mass is 16.6. The number of amides is 5. The SMILES string of the molecule is C=C/C(=C(\C=C(/C[N+](=O)[O-])NCCOCCOCCNC(=O)CON)NCCOCCOCCNC(=O)CCCCCCCNC(=O)CC[C@H](NC(=O)N[C@@H](CCC(=O)O)C(=O)O)C(=O)O)[N+](=O)[O-]. The molecule has 0 aromatic carbocycles. The second-order valence-electron chi connectivity index (χ2n) is 14.5. The number of nitrogens with two attached hydrogens (primary N) is 1. The molecule has 392 valence electrons. The van der Waals surface area contributed by atoms with Gasteiger partial charge >= 0.3 is 23.9 Å². The van der Waals surface area contributed by atoms with Crippen molar-refractivity contribution in [2.45, 2.75) is 76.3 Å². The van der Waals surface area contributed by atoms with Crippen LogP contribution < -0.4 is 43.1 Å². The van der Waals surface area contributed by atoms with Crippen molar-refractivity contribution in [1.29, 1.82) is 0 Å². The summed E-state index contributed by atoms with van der Waals surface area (Å²) >= 11 is 0. The van der Waals surface area contributed by atoms with Crippen molar-refractivity contribution < 1.29 is 82.5 Å². The molecule has 0 aromatic heterocycles. The zero-order chi connectivity index (χ0) is 51.7. The van der Waals surface area contributed by atoms with Crippen LogP contribution in [0.2, 0.25) is 0 Å². The first-order chi connectivity index (χ1) is 33.0. The Labute approximate surface area is 397 Å². The van der Waals surface area contributed by atoms with Gasteiger partial charge in [-0.1, -0.05) is 25.8 Å². The highest BCUT2D eigenvalue weighted by molar-refractivity contribution is 5.87. The second-order valence-corrected chi connectivity index (χ2v) is 14.5. The Morgan fingerprint density at radius 2 is 1.06 bits per heavy atom. The predicted octanol–water partition coefficient (Wildman–Crippen LogP) is -1.50. The Morgan fingerprint density at radius 3 is 1.55 bits per heavy atom. The quantitative estimate of drug-likeness (QED) is 0.0143. The van der Waals surface area contributed by atoms with E-state index in [1.807, 2.05) is 5.32 Å². The van der Waals surface area contributed by atoms with Crippen LogP contribution in [0.1, 0.15) is 64.2 Å². The topological polar surface area (TPSA) is 423 Å². The van der Waals surface area contributed by atoms with Gasteiger partial charge in [-0.3, -0.25) is 44.2 Å². The van der Waals surface area contributed by atoms with E-state index in [1.54, 1.807) is 0 Å². The maximum absolute atomic E-state index is 12.2. The third-order valence-electron chi connectivity index (χ3n) is 8.96. The maximum Gasteiger partial charge on any atom is 0.326 e. The number of unbranched alkanes of at least 4 members (excludes halogenated alkanes) is 4. The van der Waals surface area contributed by atoms with Crippen LogP contribution in [-0.2, 0) is 52.6 Å². The first kappa shape index (κ1) is 62.5. The predicted molar refractivity (Wildman–Crippen MR) is 241 cm³/mol. The summed E-state index contributed by atoms with van der Waals surface area (Å²) in [6, 6.07) is -4.17. The minimum absolute atomic E-state index is 0.0310. The molecule has 0 aromatic rings. The number of nitrogens with zero attached hydrogens (tertiary/aromatic N) is 2. The van der Waals surface area contributed by atoms with E-state index in [1.165, 1.54) is 6.08 Å². The zero-order valence-corrected chi connectivity index (χ0v) is 38.5. The highest BCUT2D eigenvalue weighted by Gasteiger charge is 2.25. The van der Waals surface area contributed by atoms with Crippen LogP contribution in [0.4, 0.5) is 4.79 Å². The Bertz CT molecular complexity index is 1680. The molecule has 12 N–H and O–H groups in total. The van der Waals surface area contributed by atoms with Crippen LogP contribution in [0.15, 0.2) is 35.8 Å². The van der Waals surface area contributed by atoms with Crippen molar-refractivity contribution in [3.05, 3.63) is 56.1 Å². The molecule has 69 heavy (non-hydrogen) atoms. The summed E-state index contributed by atoms with van der Waals surface area (Å²) < 4.78 is 21.7. The molecule has 0 unspecified atom stereocenters. The van der Waals surface area contributed by atoms with Gasteiger partial charge in [-0.2, -0.15) is 0 Å². The van der Waals surface area contributed by atoms with Gasteiger partial charge in [0.2, 0.25) is 24.3 Å². The second kappa shape index (κ2) is 40.5. The monoisotopic (exact) mass is 992 g/mol. The molecule has 0 aliphatic carbocycles. The van der Waals surface area contributed by atoms with Crippen LogP contribution in [-0.4, -0.2) is 178 Å². The van der Waals surface area contributed by atoms with Gasteiger partial charge in [-0.05, 0) is 31.8 Å². The molecular weight excluding hydrogens is 924 g/mol. The number of carbonyl (C=O) groups is 7. The standard InChI is InChI=1S/C40H68N10O19/c1-2-33(50(63)64)32(26-29(27-49(61)62)42-14-18-65-22-24-68-21-17-46-36(53)28-69-41)43-15-19-66-23-25-67-20-16-45-34(51)8-6-4-3-5-7-13-44-35(52)11-9-30(38(56)57)47-40(60)48-31(39(58)59)10-12-37(54)55/h2,26,30-31,42-43H,1,3-25,27-28,41H2,(H,44,52)(H,45,51)(H,46,53)(H,54,55)(H,56,57)(H,58,59)(H2,47,48,60)/b29-26+,33-32-/t30-,31-/m0/s1. The van der Waals surface area contributed by atoms with Crippen molar-refractivity contribution in [3.63, 3.8) is 0 Å². The van der Waals surface area contributed by atoms with E-state index < -0.39 is 76.9 Å². The molecular formula is C40H68N10O19. The number of hydrogen-bond acceptors (Lipinski definition) is 19. The average molecular weight is 993 g/mol. The number of allylic oxidation sites excluding steroid dienone is 2. The van der Waals surface area contributed by atoms with Crippen molar-refractivity contribution in [3.8, 4) is 0 Å². The van der Waals surface area contributed by atoms with Crippen LogP contribution in [0, 0.1) is 20.2 Å². The smallest absolute Gasteiger partial charge is 0.326 e. The molecule has 0 radical (unpaired) electrons. The Morgan fingerprint density at radius 1 is 0.594 bits per heavy atom. The van der Waals surface area contributed by atoms with Crippen molar-refractivity contribution in [1.82, 2.24) is 37.2 Å². The van der Waals surface area contributed by atoms with Gasteiger partial charge < -0.3 is 71.5 Å². The molecule has 0 spiro atoms. The molecule has 29 nitrogen and oxygen atoms in total. The summed E-state index contributed by atoms with van der Waals surface area (Å²) in [5.74, 6) is -0.368. The fraction of sp³-hybridized carbons (Fsp3) is 0.675. The van der Waals surface area contributed by atoms with Gasteiger partial charge in [-0.25, -0.2) is 20.3 Å². The maximum atomic E-state index is 12.2. The van der Waals surface area contributed by atoms with Gasteiger partial charge in [-0.15, -0.1) is 0 Å². The molecule has 0 aliphatic rings. The van der Waals surface area contributed by atoms with Gasteiger partial charge in [0.1, 0.15) is 24.4 Å². The number of carbonyl (C=O) groups excluding carboxylic acids is 4. The lowest BCUT2D eigenvalue weighted by atomic mass is 10.1. The highest BCUT2D eigenvalue weighted by Crippen LogP contribution is 2.09. The lowest BCUT2D eigenvalue weighted by Gasteiger charge is -2.18. The number of nitrogens with one attached hydrogen (secondary N) is 7. The van der Waals surface area contributed by atoms with Crippen LogP contribution in [0.3, 0.4) is 0 Å². The first-order valence-electron chi connectivity index (χ1n) is 22.0. The third-order valence-corrected chi connectivity index (χ3v) is 8.96. The number of carboxylic acids is 3. The summed E-state index contributed by atoms with van der Waals surface area (Å²) in [7, 11) is 0. The number of urea groups is 1. The number of rotatable bonds is 45. The Kier molecular flexibility index (Phi) is 36.7. The van der Waals surface area contributed by atoms with Crippen LogP contribution in [0.25, 0.3) is 0 Å². The van der Waals surface area contributed by atoms with E-state index >= 15 is 0 Å². The third kappa shape index (κ3) is 36.2. The largest absolute Gasteiger partial charge is 0.481 e.